The zero-order chi connectivity index (χ0) is 12.7. The third kappa shape index (κ3) is 4.57. The first-order chi connectivity index (χ1) is 8.17. The van der Waals surface area contributed by atoms with Crippen LogP contribution >= 0.6 is 0 Å². The first-order valence-corrected chi connectivity index (χ1v) is 6.30. The van der Waals surface area contributed by atoms with Gasteiger partial charge in [-0.3, -0.25) is 4.79 Å². The van der Waals surface area contributed by atoms with Gasteiger partial charge in [-0.1, -0.05) is 26.0 Å². The summed E-state index contributed by atoms with van der Waals surface area (Å²) in [6.07, 6.45) is 2.77. The van der Waals surface area contributed by atoms with Crippen LogP contribution in [0.3, 0.4) is 0 Å². The second-order valence-electron chi connectivity index (χ2n) is 4.26. The monoisotopic (exact) mass is 234 g/mol. The Balaban J connectivity index is 2.41. The maximum atomic E-state index is 11.8. The van der Waals surface area contributed by atoms with E-state index in [9.17, 15) is 4.79 Å². The van der Waals surface area contributed by atoms with Gasteiger partial charge in [0.05, 0.1) is 0 Å². The van der Waals surface area contributed by atoms with Gasteiger partial charge in [0.25, 0.3) is 5.91 Å². The van der Waals surface area contributed by atoms with Crippen LogP contribution in [0.4, 0.5) is 0 Å². The van der Waals surface area contributed by atoms with E-state index in [2.05, 4.69) is 19.2 Å². The molecule has 17 heavy (non-hydrogen) atoms. The number of rotatable bonds is 6. The molecule has 1 atom stereocenters. The maximum Gasteiger partial charge on any atom is 0.251 e. The molecule has 0 fully saturated rings. The molecule has 0 bridgehead atoms. The van der Waals surface area contributed by atoms with E-state index in [-0.39, 0.29) is 11.9 Å². The molecule has 0 aliphatic carbocycles. The molecule has 0 aliphatic rings. The van der Waals surface area contributed by atoms with Crippen molar-refractivity contribution in [2.75, 3.05) is 6.54 Å². The van der Waals surface area contributed by atoms with Crippen LogP contribution in [0, 0.1) is 0 Å². The van der Waals surface area contributed by atoms with Crippen LogP contribution in [0.5, 0.6) is 0 Å². The average Bonchev–Trinajstić information content (AvgIpc) is 2.38. The number of hydrogen-bond donors (Lipinski definition) is 2. The van der Waals surface area contributed by atoms with Gasteiger partial charge in [-0.25, -0.2) is 0 Å². The van der Waals surface area contributed by atoms with Crippen molar-refractivity contribution in [3.63, 3.8) is 0 Å². The fourth-order valence-corrected chi connectivity index (χ4v) is 1.57. The Labute approximate surface area is 103 Å². The Kier molecular flexibility index (Phi) is 5.70. The lowest BCUT2D eigenvalue weighted by atomic mass is 10.1. The van der Waals surface area contributed by atoms with E-state index in [4.69, 9.17) is 5.73 Å². The quantitative estimate of drug-likeness (QED) is 0.792. The number of hydrogen-bond acceptors (Lipinski definition) is 2. The van der Waals surface area contributed by atoms with Gasteiger partial charge < -0.3 is 11.1 Å². The van der Waals surface area contributed by atoms with Gasteiger partial charge in [0.1, 0.15) is 0 Å². The van der Waals surface area contributed by atoms with Crippen molar-refractivity contribution in [1.82, 2.24) is 5.32 Å². The lowest BCUT2D eigenvalue weighted by Gasteiger charge is -2.09. The summed E-state index contributed by atoms with van der Waals surface area (Å²) in [4.78, 5) is 11.8. The SMILES string of the molecule is CCc1ccc(C(=O)NCCC(N)CC)cc1. The summed E-state index contributed by atoms with van der Waals surface area (Å²) in [6, 6.07) is 7.90. The first kappa shape index (κ1) is 13.7. The Morgan fingerprint density at radius 2 is 1.94 bits per heavy atom. The number of benzene rings is 1. The summed E-state index contributed by atoms with van der Waals surface area (Å²) < 4.78 is 0. The van der Waals surface area contributed by atoms with Gasteiger partial charge in [0, 0.05) is 18.2 Å². The molecular formula is C14H22N2O. The summed E-state index contributed by atoms with van der Waals surface area (Å²) in [6.45, 7) is 4.79. The fraction of sp³-hybridized carbons (Fsp3) is 0.500. The summed E-state index contributed by atoms with van der Waals surface area (Å²) >= 11 is 0. The molecule has 1 amide bonds. The van der Waals surface area contributed by atoms with Crippen molar-refractivity contribution in [2.24, 2.45) is 5.73 Å². The minimum atomic E-state index is -0.0176. The van der Waals surface area contributed by atoms with Crippen LogP contribution in [-0.2, 0) is 6.42 Å². The van der Waals surface area contributed by atoms with Crippen LogP contribution in [0.15, 0.2) is 24.3 Å². The molecule has 3 nitrogen and oxygen atoms in total. The number of carbonyl (C=O) groups excluding carboxylic acids is 1. The predicted molar refractivity (Wildman–Crippen MR) is 71.0 cm³/mol. The second kappa shape index (κ2) is 7.07. The third-order valence-corrected chi connectivity index (χ3v) is 2.95. The molecule has 1 aromatic rings. The van der Waals surface area contributed by atoms with Crippen molar-refractivity contribution in [2.45, 2.75) is 39.2 Å². The molecule has 1 unspecified atom stereocenters. The lowest BCUT2D eigenvalue weighted by molar-refractivity contribution is 0.0952. The Bertz CT molecular complexity index is 346. The molecule has 3 heteroatoms. The van der Waals surface area contributed by atoms with Crippen LogP contribution in [0.25, 0.3) is 0 Å². The van der Waals surface area contributed by atoms with Gasteiger partial charge in [-0.15, -0.1) is 0 Å². The van der Waals surface area contributed by atoms with E-state index in [1.807, 2.05) is 24.3 Å². The molecule has 94 valence electrons. The van der Waals surface area contributed by atoms with Crippen LogP contribution in [-0.4, -0.2) is 18.5 Å². The van der Waals surface area contributed by atoms with Gasteiger partial charge in [-0.05, 0) is 37.0 Å². The predicted octanol–water partition coefficient (Wildman–Crippen LogP) is 2.11. The van der Waals surface area contributed by atoms with E-state index in [1.165, 1.54) is 5.56 Å². The average molecular weight is 234 g/mol. The topological polar surface area (TPSA) is 55.1 Å². The highest BCUT2D eigenvalue weighted by Crippen LogP contribution is 2.05. The van der Waals surface area contributed by atoms with Crippen LogP contribution in [0.2, 0.25) is 0 Å². The molecular weight excluding hydrogens is 212 g/mol. The number of amides is 1. The highest BCUT2D eigenvalue weighted by molar-refractivity contribution is 5.94. The van der Waals surface area contributed by atoms with Crippen molar-refractivity contribution in [1.29, 1.82) is 0 Å². The Hall–Kier alpha value is -1.35. The summed E-state index contributed by atoms with van der Waals surface area (Å²) in [5.41, 5.74) is 7.74. The highest BCUT2D eigenvalue weighted by atomic mass is 16.1. The molecule has 0 radical (unpaired) electrons. The van der Waals surface area contributed by atoms with E-state index in [0.29, 0.717) is 12.1 Å². The summed E-state index contributed by atoms with van der Waals surface area (Å²) in [7, 11) is 0. The largest absolute Gasteiger partial charge is 0.352 e. The molecule has 0 saturated carbocycles. The van der Waals surface area contributed by atoms with Gasteiger partial charge in [0.2, 0.25) is 0 Å². The number of nitrogens with one attached hydrogen (secondary N) is 1. The maximum absolute atomic E-state index is 11.8. The van der Waals surface area contributed by atoms with Gasteiger partial charge in [-0.2, -0.15) is 0 Å². The molecule has 0 aromatic heterocycles. The Morgan fingerprint density at radius 3 is 2.47 bits per heavy atom. The minimum absolute atomic E-state index is 0.0176. The molecule has 0 saturated heterocycles. The zero-order valence-corrected chi connectivity index (χ0v) is 10.7. The smallest absolute Gasteiger partial charge is 0.251 e. The van der Waals surface area contributed by atoms with Crippen molar-refractivity contribution in [3.8, 4) is 0 Å². The lowest BCUT2D eigenvalue weighted by Crippen LogP contribution is -2.30. The molecule has 0 heterocycles. The van der Waals surface area contributed by atoms with Crippen molar-refractivity contribution in [3.05, 3.63) is 35.4 Å². The van der Waals surface area contributed by atoms with E-state index in [0.717, 1.165) is 19.3 Å². The van der Waals surface area contributed by atoms with E-state index >= 15 is 0 Å². The number of nitrogens with two attached hydrogens (primary N) is 1. The van der Waals surface area contributed by atoms with Crippen molar-refractivity contribution >= 4 is 5.91 Å². The molecule has 1 rings (SSSR count). The number of aryl methyl sites for hydroxylation is 1. The molecule has 1 aromatic carbocycles. The first-order valence-electron chi connectivity index (χ1n) is 6.30. The standard InChI is InChI=1S/C14H22N2O/c1-3-11-5-7-12(8-6-11)14(17)16-10-9-13(15)4-2/h5-8,13H,3-4,9-10,15H2,1-2H3,(H,16,17). The number of carbonyl (C=O) groups is 1. The minimum Gasteiger partial charge on any atom is -0.352 e. The van der Waals surface area contributed by atoms with Crippen molar-refractivity contribution < 1.29 is 4.79 Å². The molecule has 3 N–H and O–H groups in total. The van der Waals surface area contributed by atoms with Gasteiger partial charge >= 0.3 is 0 Å². The van der Waals surface area contributed by atoms with E-state index in [1.54, 1.807) is 0 Å². The van der Waals surface area contributed by atoms with Crippen LogP contribution in [0.1, 0.15) is 42.6 Å². The van der Waals surface area contributed by atoms with Gasteiger partial charge in [0.15, 0.2) is 0 Å². The second-order valence-corrected chi connectivity index (χ2v) is 4.26. The Morgan fingerprint density at radius 1 is 1.29 bits per heavy atom. The fourth-order valence-electron chi connectivity index (χ4n) is 1.57. The molecule has 0 aliphatic heterocycles. The van der Waals surface area contributed by atoms with E-state index < -0.39 is 0 Å². The molecule has 0 spiro atoms. The van der Waals surface area contributed by atoms with Crippen LogP contribution < -0.4 is 11.1 Å². The summed E-state index contributed by atoms with van der Waals surface area (Å²) in [5, 5.41) is 2.88. The highest BCUT2D eigenvalue weighted by Gasteiger charge is 2.05. The third-order valence-electron chi connectivity index (χ3n) is 2.95. The normalized spacial score (nSPS) is 12.2. The zero-order valence-electron chi connectivity index (χ0n) is 10.7. The summed E-state index contributed by atoms with van der Waals surface area (Å²) in [5.74, 6) is -0.0176.